The Morgan fingerprint density at radius 1 is 1.24 bits per heavy atom. The molecule has 2 N–H and O–H groups in total. The summed E-state index contributed by atoms with van der Waals surface area (Å²) in [4.78, 5) is 13.7. The third kappa shape index (κ3) is 2.12. The average molecular weight is 233 g/mol. The first-order valence-corrected chi connectivity index (χ1v) is 6.37. The fourth-order valence-corrected chi connectivity index (χ4v) is 2.82. The third-order valence-corrected chi connectivity index (χ3v) is 3.81. The molecular weight excluding hydrogens is 214 g/mol. The van der Waals surface area contributed by atoms with Crippen molar-refractivity contribution in [3.8, 4) is 0 Å². The fourth-order valence-electron chi connectivity index (χ4n) is 2.82. The van der Waals surface area contributed by atoms with Gasteiger partial charge in [-0.3, -0.25) is 9.88 Å². The summed E-state index contributed by atoms with van der Waals surface area (Å²) in [7, 11) is 0. The van der Waals surface area contributed by atoms with Crippen LogP contribution in [0.15, 0.2) is 12.4 Å². The summed E-state index contributed by atoms with van der Waals surface area (Å²) < 4.78 is 0. The van der Waals surface area contributed by atoms with Gasteiger partial charge in [-0.2, -0.15) is 0 Å². The second-order valence-corrected chi connectivity index (χ2v) is 4.85. The lowest BCUT2D eigenvalue weighted by Gasteiger charge is -2.37. The van der Waals surface area contributed by atoms with Crippen LogP contribution in [-0.4, -0.2) is 47.1 Å². The molecule has 0 bridgehead atoms. The number of aromatic nitrogens is 2. The first-order chi connectivity index (χ1) is 8.36. The Labute approximate surface area is 102 Å². The van der Waals surface area contributed by atoms with Crippen molar-refractivity contribution >= 4 is 5.82 Å². The van der Waals surface area contributed by atoms with E-state index in [0.29, 0.717) is 6.54 Å². The van der Waals surface area contributed by atoms with Crippen molar-refractivity contribution in [1.82, 2.24) is 14.9 Å². The monoisotopic (exact) mass is 233 g/mol. The first kappa shape index (κ1) is 10.9. The van der Waals surface area contributed by atoms with Crippen LogP contribution in [0.25, 0.3) is 0 Å². The van der Waals surface area contributed by atoms with Crippen molar-refractivity contribution in [2.45, 2.75) is 25.4 Å². The number of hydrogen-bond donors (Lipinski definition) is 1. The van der Waals surface area contributed by atoms with Gasteiger partial charge < -0.3 is 10.6 Å². The topological polar surface area (TPSA) is 58.3 Å². The van der Waals surface area contributed by atoms with E-state index >= 15 is 0 Å². The lowest BCUT2D eigenvalue weighted by molar-refractivity contribution is 0.230. The second kappa shape index (κ2) is 4.58. The minimum absolute atomic E-state index is 0.462. The molecule has 0 spiro atoms. The van der Waals surface area contributed by atoms with Crippen LogP contribution in [0.2, 0.25) is 0 Å². The summed E-state index contributed by atoms with van der Waals surface area (Å²) >= 11 is 0. The van der Waals surface area contributed by atoms with Crippen LogP contribution < -0.4 is 10.6 Å². The molecule has 0 radical (unpaired) electrons. The van der Waals surface area contributed by atoms with Gasteiger partial charge in [0.05, 0.1) is 18.1 Å². The molecule has 2 aliphatic rings. The zero-order chi connectivity index (χ0) is 11.7. The molecule has 1 aromatic heterocycles. The lowest BCUT2D eigenvalue weighted by Crippen LogP contribution is -2.50. The van der Waals surface area contributed by atoms with Crippen molar-refractivity contribution < 1.29 is 0 Å². The van der Waals surface area contributed by atoms with Gasteiger partial charge >= 0.3 is 0 Å². The normalized spacial score (nSPS) is 25.0. The number of hydrogen-bond acceptors (Lipinski definition) is 5. The molecule has 0 saturated carbocycles. The van der Waals surface area contributed by atoms with Crippen molar-refractivity contribution in [2.24, 2.45) is 5.73 Å². The molecular formula is C12H19N5. The number of nitrogens with zero attached hydrogens (tertiary/aromatic N) is 4. The smallest absolute Gasteiger partial charge is 0.147 e. The van der Waals surface area contributed by atoms with E-state index in [4.69, 9.17) is 5.73 Å². The molecule has 3 rings (SSSR count). The molecule has 0 aromatic carbocycles. The van der Waals surface area contributed by atoms with Gasteiger partial charge in [-0.05, 0) is 19.4 Å². The van der Waals surface area contributed by atoms with E-state index < -0.39 is 0 Å². The quantitative estimate of drug-likeness (QED) is 0.792. The van der Waals surface area contributed by atoms with Crippen molar-refractivity contribution in [3.63, 3.8) is 0 Å². The average Bonchev–Trinajstić information content (AvgIpc) is 2.86. The van der Waals surface area contributed by atoms with Gasteiger partial charge in [0.15, 0.2) is 0 Å². The summed E-state index contributed by atoms with van der Waals surface area (Å²) in [5, 5.41) is 0. The Morgan fingerprint density at radius 3 is 2.94 bits per heavy atom. The Bertz CT molecular complexity index is 377. The van der Waals surface area contributed by atoms with E-state index in [-0.39, 0.29) is 0 Å². The molecule has 2 saturated heterocycles. The molecule has 1 aromatic rings. The Hall–Kier alpha value is -1.20. The second-order valence-electron chi connectivity index (χ2n) is 4.85. The molecule has 1 unspecified atom stereocenters. The molecule has 0 amide bonds. The summed E-state index contributed by atoms with van der Waals surface area (Å²) in [5.74, 6) is 0.994. The van der Waals surface area contributed by atoms with Crippen LogP contribution >= 0.6 is 0 Å². The number of nitrogens with two attached hydrogens (primary N) is 1. The number of rotatable bonds is 2. The highest BCUT2D eigenvalue weighted by Crippen LogP contribution is 2.23. The summed E-state index contributed by atoms with van der Waals surface area (Å²) in [6.45, 7) is 5.05. The van der Waals surface area contributed by atoms with E-state index in [0.717, 1.165) is 37.2 Å². The van der Waals surface area contributed by atoms with Gasteiger partial charge in [0, 0.05) is 32.2 Å². The molecule has 2 fully saturated rings. The zero-order valence-corrected chi connectivity index (χ0v) is 10.0. The lowest BCUT2D eigenvalue weighted by atomic mass is 10.1. The van der Waals surface area contributed by atoms with Crippen LogP contribution in [0.4, 0.5) is 5.82 Å². The van der Waals surface area contributed by atoms with E-state index in [9.17, 15) is 0 Å². The molecule has 92 valence electrons. The van der Waals surface area contributed by atoms with Crippen LogP contribution in [-0.2, 0) is 6.54 Å². The first-order valence-electron chi connectivity index (χ1n) is 6.37. The zero-order valence-electron chi connectivity index (χ0n) is 10.0. The van der Waals surface area contributed by atoms with E-state index in [1.54, 1.807) is 6.20 Å². The third-order valence-electron chi connectivity index (χ3n) is 3.81. The van der Waals surface area contributed by atoms with Gasteiger partial charge in [-0.25, -0.2) is 4.98 Å². The molecule has 0 aliphatic carbocycles. The van der Waals surface area contributed by atoms with Crippen LogP contribution in [0.5, 0.6) is 0 Å². The van der Waals surface area contributed by atoms with E-state index in [1.165, 1.54) is 19.4 Å². The van der Waals surface area contributed by atoms with Crippen molar-refractivity contribution in [2.75, 3.05) is 31.1 Å². The largest absolute Gasteiger partial charge is 0.352 e. The maximum absolute atomic E-state index is 5.53. The highest BCUT2D eigenvalue weighted by atomic mass is 15.3. The molecule has 1 atom stereocenters. The predicted octanol–water partition coefficient (Wildman–Crippen LogP) is 0.220. The molecule has 2 aliphatic heterocycles. The highest BCUT2D eigenvalue weighted by molar-refractivity contribution is 5.37. The van der Waals surface area contributed by atoms with Crippen LogP contribution in [0.1, 0.15) is 18.5 Å². The van der Waals surface area contributed by atoms with Gasteiger partial charge in [0.1, 0.15) is 5.82 Å². The summed E-state index contributed by atoms with van der Waals surface area (Å²) in [5.41, 5.74) is 6.38. The number of anilines is 1. The van der Waals surface area contributed by atoms with Gasteiger partial charge in [-0.15, -0.1) is 0 Å². The number of fused-ring (bicyclic) bond motifs is 1. The maximum Gasteiger partial charge on any atom is 0.147 e. The SMILES string of the molecule is NCc1cnc(N2CCN3CCCC3C2)cn1. The Balaban J connectivity index is 1.71. The predicted molar refractivity (Wildman–Crippen MR) is 66.7 cm³/mol. The molecule has 17 heavy (non-hydrogen) atoms. The van der Waals surface area contributed by atoms with Crippen LogP contribution in [0, 0.1) is 0 Å². The molecule has 5 heteroatoms. The Morgan fingerprint density at radius 2 is 2.18 bits per heavy atom. The minimum atomic E-state index is 0.462. The van der Waals surface area contributed by atoms with Gasteiger partial charge in [0.2, 0.25) is 0 Å². The minimum Gasteiger partial charge on any atom is -0.352 e. The summed E-state index contributed by atoms with van der Waals surface area (Å²) in [6, 6.07) is 0.722. The number of piperazine rings is 1. The molecule has 5 nitrogen and oxygen atoms in total. The highest BCUT2D eigenvalue weighted by Gasteiger charge is 2.30. The van der Waals surface area contributed by atoms with E-state index in [2.05, 4.69) is 19.8 Å². The van der Waals surface area contributed by atoms with Gasteiger partial charge in [-0.1, -0.05) is 0 Å². The molecule has 3 heterocycles. The van der Waals surface area contributed by atoms with Crippen LogP contribution in [0.3, 0.4) is 0 Å². The van der Waals surface area contributed by atoms with Crippen molar-refractivity contribution in [1.29, 1.82) is 0 Å². The Kier molecular flexibility index (Phi) is 2.94. The van der Waals surface area contributed by atoms with Crippen molar-refractivity contribution in [3.05, 3.63) is 18.1 Å². The maximum atomic E-state index is 5.53. The fraction of sp³-hybridized carbons (Fsp3) is 0.667. The summed E-state index contributed by atoms with van der Waals surface area (Å²) in [6.07, 6.45) is 6.31. The van der Waals surface area contributed by atoms with Gasteiger partial charge in [0.25, 0.3) is 0 Å². The van der Waals surface area contributed by atoms with E-state index in [1.807, 2.05) is 6.20 Å². The standard InChI is InChI=1S/C12H19N5/c13-6-10-7-15-12(8-14-10)17-5-4-16-3-1-2-11(16)9-17/h7-8,11H,1-6,9,13H2.